The fourth-order valence-electron chi connectivity index (χ4n) is 2.86. The maximum Gasteiger partial charge on any atom is 0.339 e. The van der Waals surface area contributed by atoms with Crippen molar-refractivity contribution >= 4 is 29.3 Å². The Labute approximate surface area is 195 Å². The number of para-hydroxylation sites is 1. The second-order valence-corrected chi connectivity index (χ2v) is 7.58. The number of amides is 1. The van der Waals surface area contributed by atoms with Gasteiger partial charge in [0.05, 0.1) is 31.2 Å². The van der Waals surface area contributed by atoms with Crippen molar-refractivity contribution in [2.75, 3.05) is 25.3 Å². The number of methoxy groups -OCH3 is 2. The van der Waals surface area contributed by atoms with E-state index in [0.29, 0.717) is 29.0 Å². The number of aromatic nitrogens is 3. The maximum atomic E-state index is 12.5. The molecular weight excluding hydrogens is 444 g/mol. The number of hydrogen-bond acceptors (Lipinski definition) is 8. The van der Waals surface area contributed by atoms with Gasteiger partial charge < -0.3 is 19.5 Å². The summed E-state index contributed by atoms with van der Waals surface area (Å²) in [5.41, 5.74) is 0.669. The van der Waals surface area contributed by atoms with Crippen LogP contribution < -0.4 is 14.8 Å². The van der Waals surface area contributed by atoms with Crippen LogP contribution in [0.25, 0.3) is 0 Å². The van der Waals surface area contributed by atoms with Crippen LogP contribution in [0.4, 0.5) is 5.69 Å². The number of carbonyl (C=O) groups excluding carboxylic acids is 2. The molecule has 1 N–H and O–H groups in total. The van der Waals surface area contributed by atoms with E-state index in [4.69, 9.17) is 14.2 Å². The molecule has 0 atom stereocenters. The molecular formula is C23H24N4O5S. The quantitative estimate of drug-likeness (QED) is 0.259. The van der Waals surface area contributed by atoms with Crippen molar-refractivity contribution in [3.8, 4) is 11.5 Å². The number of allylic oxidation sites excluding steroid dienone is 1. The molecule has 0 radical (unpaired) electrons. The highest BCUT2D eigenvalue weighted by atomic mass is 32.2. The van der Waals surface area contributed by atoms with Gasteiger partial charge in [0.1, 0.15) is 18.1 Å². The lowest BCUT2D eigenvalue weighted by Crippen LogP contribution is -2.17. The largest absolute Gasteiger partial charge is 0.497 e. The van der Waals surface area contributed by atoms with Gasteiger partial charge in [-0.3, -0.25) is 9.36 Å². The van der Waals surface area contributed by atoms with E-state index in [1.807, 2.05) is 16.7 Å². The van der Waals surface area contributed by atoms with Crippen molar-refractivity contribution in [2.24, 2.45) is 0 Å². The van der Waals surface area contributed by atoms with Crippen molar-refractivity contribution < 1.29 is 23.8 Å². The molecule has 0 saturated carbocycles. The SMILES string of the molecule is C=CCn1c(COc2ccc(OC)cc2)nnc1SCC(=O)Nc1ccccc1C(=O)OC. The number of ether oxygens (including phenoxy) is 3. The van der Waals surface area contributed by atoms with Crippen molar-refractivity contribution in [3.05, 3.63) is 72.6 Å². The smallest absolute Gasteiger partial charge is 0.339 e. The lowest BCUT2D eigenvalue weighted by molar-refractivity contribution is -0.113. The van der Waals surface area contributed by atoms with E-state index in [0.717, 1.165) is 5.75 Å². The van der Waals surface area contributed by atoms with Gasteiger partial charge in [0.2, 0.25) is 5.91 Å². The van der Waals surface area contributed by atoms with E-state index < -0.39 is 5.97 Å². The summed E-state index contributed by atoms with van der Waals surface area (Å²) in [5, 5.41) is 11.7. The summed E-state index contributed by atoms with van der Waals surface area (Å²) in [6.07, 6.45) is 1.72. The highest BCUT2D eigenvalue weighted by Crippen LogP contribution is 2.22. The third-order valence-corrected chi connectivity index (χ3v) is 5.44. The van der Waals surface area contributed by atoms with Gasteiger partial charge in [-0.1, -0.05) is 30.0 Å². The lowest BCUT2D eigenvalue weighted by atomic mass is 10.2. The lowest BCUT2D eigenvalue weighted by Gasteiger charge is -2.11. The van der Waals surface area contributed by atoms with Crippen molar-refractivity contribution in [1.29, 1.82) is 0 Å². The molecule has 9 nitrogen and oxygen atoms in total. The van der Waals surface area contributed by atoms with Crippen LogP contribution in [-0.4, -0.2) is 46.6 Å². The van der Waals surface area contributed by atoms with E-state index in [2.05, 4.69) is 22.1 Å². The molecule has 0 fully saturated rings. The Morgan fingerprint density at radius 1 is 1.09 bits per heavy atom. The molecule has 0 aliphatic carbocycles. The Morgan fingerprint density at radius 3 is 2.52 bits per heavy atom. The molecule has 0 unspecified atom stereocenters. The summed E-state index contributed by atoms with van der Waals surface area (Å²) in [4.78, 5) is 24.4. The average molecular weight is 469 g/mol. The van der Waals surface area contributed by atoms with Crippen LogP contribution in [-0.2, 0) is 22.7 Å². The normalized spacial score (nSPS) is 10.4. The van der Waals surface area contributed by atoms with Gasteiger partial charge in [0.25, 0.3) is 0 Å². The van der Waals surface area contributed by atoms with E-state index in [1.165, 1.54) is 18.9 Å². The third-order valence-electron chi connectivity index (χ3n) is 4.47. The second-order valence-electron chi connectivity index (χ2n) is 6.64. The van der Waals surface area contributed by atoms with Gasteiger partial charge >= 0.3 is 5.97 Å². The summed E-state index contributed by atoms with van der Waals surface area (Å²) in [5.74, 6) is 1.27. The number of rotatable bonds is 11. The van der Waals surface area contributed by atoms with Gasteiger partial charge in [0, 0.05) is 6.54 Å². The number of anilines is 1. The number of carbonyl (C=O) groups is 2. The summed E-state index contributed by atoms with van der Waals surface area (Å²) in [7, 11) is 2.89. The standard InChI is InChI=1S/C23H24N4O5S/c1-4-13-27-20(14-32-17-11-9-16(30-2)10-12-17)25-26-23(27)33-15-21(28)24-19-8-6-5-7-18(19)22(29)31-3/h4-12H,1,13-15H2,2-3H3,(H,24,28). The summed E-state index contributed by atoms with van der Waals surface area (Å²) >= 11 is 1.22. The molecule has 0 saturated heterocycles. The van der Waals surface area contributed by atoms with Crippen LogP contribution in [0.1, 0.15) is 16.2 Å². The van der Waals surface area contributed by atoms with Crippen LogP contribution in [0.3, 0.4) is 0 Å². The Balaban J connectivity index is 1.62. The van der Waals surface area contributed by atoms with Crippen LogP contribution >= 0.6 is 11.8 Å². The minimum Gasteiger partial charge on any atom is -0.497 e. The summed E-state index contributed by atoms with van der Waals surface area (Å²) < 4.78 is 17.5. The van der Waals surface area contributed by atoms with Crippen molar-refractivity contribution in [3.63, 3.8) is 0 Å². The molecule has 3 aromatic rings. The predicted molar refractivity (Wildman–Crippen MR) is 125 cm³/mol. The second kappa shape index (κ2) is 11.7. The van der Waals surface area contributed by atoms with Gasteiger partial charge in [-0.2, -0.15) is 0 Å². The molecule has 3 rings (SSSR count). The number of esters is 1. The first-order chi connectivity index (χ1) is 16.0. The van der Waals surface area contributed by atoms with Crippen molar-refractivity contribution in [1.82, 2.24) is 14.8 Å². The molecule has 172 valence electrons. The number of thioether (sulfide) groups is 1. The topological polar surface area (TPSA) is 105 Å². The highest BCUT2D eigenvalue weighted by molar-refractivity contribution is 7.99. The zero-order valence-electron chi connectivity index (χ0n) is 18.3. The molecule has 10 heteroatoms. The number of hydrogen-bond donors (Lipinski definition) is 1. The summed E-state index contributed by atoms with van der Waals surface area (Å²) in [6, 6.07) is 13.9. The van der Waals surface area contributed by atoms with Gasteiger partial charge in [-0.25, -0.2) is 4.79 Å². The first-order valence-corrected chi connectivity index (χ1v) is 10.9. The Hall–Kier alpha value is -3.79. The fraction of sp³-hybridized carbons (Fsp3) is 0.217. The maximum absolute atomic E-state index is 12.5. The molecule has 0 bridgehead atoms. The van der Waals surface area contributed by atoms with Crippen LogP contribution in [0.2, 0.25) is 0 Å². The minimum absolute atomic E-state index is 0.0735. The number of nitrogens with one attached hydrogen (secondary N) is 1. The Morgan fingerprint density at radius 2 is 1.82 bits per heavy atom. The molecule has 2 aromatic carbocycles. The van der Waals surface area contributed by atoms with E-state index >= 15 is 0 Å². The zero-order valence-corrected chi connectivity index (χ0v) is 19.1. The van der Waals surface area contributed by atoms with Gasteiger partial charge in [-0.05, 0) is 36.4 Å². The number of nitrogens with zero attached hydrogens (tertiary/aromatic N) is 3. The van der Waals surface area contributed by atoms with E-state index in [-0.39, 0.29) is 23.8 Å². The van der Waals surface area contributed by atoms with Crippen LogP contribution in [0, 0.1) is 0 Å². The molecule has 1 amide bonds. The Kier molecular flexibility index (Phi) is 8.48. The predicted octanol–water partition coefficient (Wildman–Crippen LogP) is 3.57. The zero-order chi connectivity index (χ0) is 23.6. The Bertz CT molecular complexity index is 1110. The first-order valence-electron chi connectivity index (χ1n) is 9.95. The van der Waals surface area contributed by atoms with Crippen molar-refractivity contribution in [2.45, 2.75) is 18.3 Å². The van der Waals surface area contributed by atoms with Crippen LogP contribution in [0.15, 0.2) is 66.3 Å². The molecule has 1 heterocycles. The number of benzene rings is 2. The molecule has 0 spiro atoms. The van der Waals surface area contributed by atoms with Gasteiger partial charge in [-0.15, -0.1) is 16.8 Å². The van der Waals surface area contributed by atoms with E-state index in [9.17, 15) is 9.59 Å². The van der Waals surface area contributed by atoms with Gasteiger partial charge in [0.15, 0.2) is 11.0 Å². The minimum atomic E-state index is -0.522. The van der Waals surface area contributed by atoms with Crippen LogP contribution in [0.5, 0.6) is 11.5 Å². The first kappa shape index (κ1) is 23.9. The molecule has 0 aliphatic rings. The summed E-state index contributed by atoms with van der Waals surface area (Å²) in [6.45, 7) is 4.44. The third kappa shape index (κ3) is 6.36. The molecule has 33 heavy (non-hydrogen) atoms. The highest BCUT2D eigenvalue weighted by Gasteiger charge is 2.16. The fourth-order valence-corrected chi connectivity index (χ4v) is 3.63. The molecule has 1 aromatic heterocycles. The average Bonchev–Trinajstić information content (AvgIpc) is 3.23. The molecule has 0 aliphatic heterocycles. The van der Waals surface area contributed by atoms with E-state index in [1.54, 1.807) is 49.6 Å². The monoisotopic (exact) mass is 468 g/mol.